The highest BCUT2D eigenvalue weighted by Gasteiger charge is 2.22. The van der Waals surface area contributed by atoms with Crippen molar-refractivity contribution in [1.82, 2.24) is 10.3 Å². The van der Waals surface area contributed by atoms with Crippen molar-refractivity contribution in [3.8, 4) is 0 Å². The van der Waals surface area contributed by atoms with Crippen LogP contribution in [0.1, 0.15) is 38.5 Å². The predicted octanol–water partition coefficient (Wildman–Crippen LogP) is 2.83. The van der Waals surface area contributed by atoms with Crippen LogP contribution in [-0.2, 0) is 14.3 Å². The molecule has 6 heteroatoms. The number of amides is 1. The van der Waals surface area contributed by atoms with Gasteiger partial charge in [-0.15, -0.1) is 0 Å². The van der Waals surface area contributed by atoms with Gasteiger partial charge in [-0.1, -0.05) is 25.0 Å². The van der Waals surface area contributed by atoms with Gasteiger partial charge in [-0.25, -0.2) is 9.78 Å². The summed E-state index contributed by atoms with van der Waals surface area (Å²) in [6.45, 7) is 1.56. The lowest BCUT2D eigenvalue weighted by atomic mass is 10.2. The smallest absolute Gasteiger partial charge is 0.331 e. The number of benzene rings is 1. The van der Waals surface area contributed by atoms with E-state index in [1.165, 1.54) is 12.2 Å². The topological polar surface area (TPSA) is 81.4 Å². The second-order valence-corrected chi connectivity index (χ2v) is 5.92. The monoisotopic (exact) mass is 328 g/mol. The standard InChI is InChI=1S/C18H20N2O4/c1-12(18(22)19-13-6-2-3-7-13)23-17(21)11-10-16-20-14-8-4-5-9-15(14)24-16/h4-5,8-13H,2-3,6-7H2,1H3,(H,19,22)/b11-10+/t12-/m0/s1. The first kappa shape index (κ1) is 16.2. The molecule has 1 saturated carbocycles. The number of nitrogens with one attached hydrogen (secondary N) is 1. The lowest BCUT2D eigenvalue weighted by Gasteiger charge is -2.16. The predicted molar refractivity (Wildman–Crippen MR) is 89.0 cm³/mol. The lowest BCUT2D eigenvalue weighted by Crippen LogP contribution is -2.40. The number of esters is 1. The second kappa shape index (κ2) is 7.29. The zero-order valence-electron chi connectivity index (χ0n) is 13.5. The van der Waals surface area contributed by atoms with Gasteiger partial charge < -0.3 is 14.5 Å². The van der Waals surface area contributed by atoms with Crippen LogP contribution in [0.4, 0.5) is 0 Å². The van der Waals surface area contributed by atoms with Crippen LogP contribution in [0.2, 0.25) is 0 Å². The minimum Gasteiger partial charge on any atom is -0.449 e. The highest BCUT2D eigenvalue weighted by Crippen LogP contribution is 2.18. The molecule has 0 unspecified atom stereocenters. The largest absolute Gasteiger partial charge is 0.449 e. The summed E-state index contributed by atoms with van der Waals surface area (Å²) in [4.78, 5) is 28.0. The van der Waals surface area contributed by atoms with Crippen molar-refractivity contribution in [2.24, 2.45) is 0 Å². The number of oxazole rings is 1. The van der Waals surface area contributed by atoms with E-state index in [9.17, 15) is 9.59 Å². The molecule has 24 heavy (non-hydrogen) atoms. The average Bonchev–Trinajstić information content (AvgIpc) is 3.21. The van der Waals surface area contributed by atoms with Crippen molar-refractivity contribution < 1.29 is 18.7 Å². The van der Waals surface area contributed by atoms with Crippen LogP contribution in [0.15, 0.2) is 34.8 Å². The van der Waals surface area contributed by atoms with Gasteiger partial charge >= 0.3 is 5.97 Å². The van der Waals surface area contributed by atoms with Crippen LogP contribution in [-0.4, -0.2) is 29.0 Å². The van der Waals surface area contributed by atoms with Gasteiger partial charge in [0, 0.05) is 18.2 Å². The molecule has 0 bridgehead atoms. The van der Waals surface area contributed by atoms with Crippen molar-refractivity contribution >= 4 is 29.1 Å². The molecule has 1 aromatic heterocycles. The van der Waals surface area contributed by atoms with Gasteiger partial charge in [0.2, 0.25) is 5.89 Å². The Kier molecular flexibility index (Phi) is 4.93. The number of para-hydroxylation sites is 2. The quantitative estimate of drug-likeness (QED) is 0.674. The summed E-state index contributed by atoms with van der Waals surface area (Å²) in [6.07, 6.45) is 6.06. The fraction of sp³-hybridized carbons (Fsp3) is 0.389. The van der Waals surface area contributed by atoms with E-state index in [1.54, 1.807) is 13.0 Å². The summed E-state index contributed by atoms with van der Waals surface area (Å²) >= 11 is 0. The van der Waals surface area contributed by atoms with E-state index in [4.69, 9.17) is 9.15 Å². The van der Waals surface area contributed by atoms with Crippen LogP contribution in [0.25, 0.3) is 17.2 Å². The number of hydrogen-bond donors (Lipinski definition) is 1. The number of carbonyl (C=O) groups excluding carboxylic acids is 2. The second-order valence-electron chi connectivity index (χ2n) is 5.92. The molecule has 1 fully saturated rings. The summed E-state index contributed by atoms with van der Waals surface area (Å²) in [6, 6.07) is 7.53. The highest BCUT2D eigenvalue weighted by atomic mass is 16.5. The highest BCUT2D eigenvalue weighted by molar-refractivity contribution is 5.90. The minimum atomic E-state index is -0.827. The van der Waals surface area contributed by atoms with E-state index >= 15 is 0 Å². The van der Waals surface area contributed by atoms with E-state index < -0.39 is 12.1 Å². The van der Waals surface area contributed by atoms with E-state index in [-0.39, 0.29) is 11.9 Å². The molecule has 0 radical (unpaired) electrons. The normalized spacial score (nSPS) is 16.5. The summed E-state index contributed by atoms with van der Waals surface area (Å²) in [7, 11) is 0. The summed E-state index contributed by atoms with van der Waals surface area (Å²) in [5.74, 6) is -0.548. The number of hydrogen-bond acceptors (Lipinski definition) is 5. The van der Waals surface area contributed by atoms with Gasteiger partial charge in [0.15, 0.2) is 11.7 Å². The molecular formula is C18H20N2O4. The molecule has 1 heterocycles. The van der Waals surface area contributed by atoms with Crippen molar-refractivity contribution in [2.75, 3.05) is 0 Å². The van der Waals surface area contributed by atoms with Gasteiger partial charge in [0.1, 0.15) is 5.52 Å². The molecule has 1 aromatic carbocycles. The third kappa shape index (κ3) is 4.01. The van der Waals surface area contributed by atoms with Gasteiger partial charge in [-0.05, 0) is 31.9 Å². The molecule has 6 nitrogen and oxygen atoms in total. The van der Waals surface area contributed by atoms with E-state index in [2.05, 4.69) is 10.3 Å². The Labute approximate surface area is 139 Å². The van der Waals surface area contributed by atoms with Crippen LogP contribution >= 0.6 is 0 Å². The molecule has 1 aliphatic carbocycles. The Morgan fingerprint density at radius 2 is 2.08 bits per heavy atom. The van der Waals surface area contributed by atoms with E-state index in [0.29, 0.717) is 11.5 Å². The number of nitrogens with zero attached hydrogens (tertiary/aromatic N) is 1. The molecule has 1 aliphatic rings. The number of rotatable bonds is 5. The van der Waals surface area contributed by atoms with Crippen LogP contribution in [0.5, 0.6) is 0 Å². The Morgan fingerprint density at radius 1 is 1.33 bits per heavy atom. The Hall–Kier alpha value is -2.63. The SMILES string of the molecule is C[C@H](OC(=O)/C=C/c1nc2ccccc2o1)C(=O)NC1CCCC1. The third-order valence-electron chi connectivity index (χ3n) is 4.04. The number of fused-ring (bicyclic) bond motifs is 1. The van der Waals surface area contributed by atoms with Crippen LogP contribution in [0.3, 0.4) is 0 Å². The Morgan fingerprint density at radius 3 is 2.83 bits per heavy atom. The average molecular weight is 328 g/mol. The molecular weight excluding hydrogens is 308 g/mol. The minimum absolute atomic E-state index is 0.203. The molecule has 0 aliphatic heterocycles. The Bertz CT molecular complexity index is 726. The molecule has 0 spiro atoms. The fourth-order valence-electron chi connectivity index (χ4n) is 2.76. The number of aromatic nitrogens is 1. The maximum absolute atomic E-state index is 12.0. The van der Waals surface area contributed by atoms with Crippen molar-refractivity contribution in [3.05, 3.63) is 36.2 Å². The van der Waals surface area contributed by atoms with Crippen molar-refractivity contribution in [1.29, 1.82) is 0 Å². The maximum atomic E-state index is 12.0. The molecule has 1 N–H and O–H groups in total. The number of ether oxygens (including phenoxy) is 1. The Balaban J connectivity index is 1.53. The van der Waals surface area contributed by atoms with Crippen molar-refractivity contribution in [2.45, 2.75) is 44.8 Å². The van der Waals surface area contributed by atoms with Gasteiger partial charge in [-0.2, -0.15) is 0 Å². The molecule has 1 amide bonds. The lowest BCUT2D eigenvalue weighted by molar-refractivity contribution is -0.150. The summed E-state index contributed by atoms with van der Waals surface area (Å²) < 4.78 is 10.6. The van der Waals surface area contributed by atoms with Crippen LogP contribution < -0.4 is 5.32 Å². The summed E-state index contributed by atoms with van der Waals surface area (Å²) in [5.41, 5.74) is 1.37. The molecule has 3 rings (SSSR count). The third-order valence-corrected chi connectivity index (χ3v) is 4.04. The van der Waals surface area contributed by atoms with Gasteiger partial charge in [0.05, 0.1) is 0 Å². The van der Waals surface area contributed by atoms with Crippen LogP contribution in [0, 0.1) is 0 Å². The molecule has 2 aromatic rings. The zero-order chi connectivity index (χ0) is 16.9. The molecule has 1 atom stereocenters. The number of carbonyl (C=O) groups is 2. The van der Waals surface area contributed by atoms with Gasteiger partial charge in [0.25, 0.3) is 5.91 Å². The van der Waals surface area contributed by atoms with Gasteiger partial charge in [-0.3, -0.25) is 4.79 Å². The van der Waals surface area contributed by atoms with E-state index in [1.807, 2.05) is 18.2 Å². The molecule has 126 valence electrons. The molecule has 0 saturated heterocycles. The first-order valence-corrected chi connectivity index (χ1v) is 8.16. The first-order chi connectivity index (χ1) is 11.6. The summed E-state index contributed by atoms with van der Waals surface area (Å²) in [5, 5.41) is 2.90. The van der Waals surface area contributed by atoms with Crippen molar-refractivity contribution in [3.63, 3.8) is 0 Å². The van der Waals surface area contributed by atoms with E-state index in [0.717, 1.165) is 31.2 Å². The maximum Gasteiger partial charge on any atom is 0.331 e. The zero-order valence-corrected chi connectivity index (χ0v) is 13.5. The fourth-order valence-corrected chi connectivity index (χ4v) is 2.76. The first-order valence-electron chi connectivity index (χ1n) is 8.16.